The standard InChI is InChI=1S/C18H19NO6/c1-2-3-4-11-9-13(25-10-11)15(20)12-5-6-14-18(16(21)22,17(23)24)7-8-19(12)14/h5-6,9-10H,2-4,7-8H2,1H3,(H,21,22)(H,23,24). The van der Waals surface area contributed by atoms with Gasteiger partial charge in [-0.3, -0.25) is 14.4 Å². The molecule has 0 fully saturated rings. The van der Waals surface area contributed by atoms with Crippen molar-refractivity contribution in [3.8, 4) is 0 Å². The van der Waals surface area contributed by atoms with Crippen LogP contribution in [0.1, 0.15) is 53.7 Å². The molecule has 2 aromatic rings. The number of aromatic nitrogens is 1. The molecule has 2 N–H and O–H groups in total. The van der Waals surface area contributed by atoms with Gasteiger partial charge >= 0.3 is 11.9 Å². The van der Waals surface area contributed by atoms with Gasteiger partial charge in [0.05, 0.1) is 12.0 Å². The van der Waals surface area contributed by atoms with Crippen molar-refractivity contribution in [2.75, 3.05) is 0 Å². The highest BCUT2D eigenvalue weighted by molar-refractivity contribution is 6.08. The van der Waals surface area contributed by atoms with Crippen LogP contribution in [0.4, 0.5) is 0 Å². The molecule has 0 spiro atoms. The van der Waals surface area contributed by atoms with Gasteiger partial charge < -0.3 is 19.2 Å². The van der Waals surface area contributed by atoms with Crippen LogP contribution in [-0.2, 0) is 28.0 Å². The predicted octanol–water partition coefficient (Wildman–Crippen LogP) is 2.47. The molecule has 2 aromatic heterocycles. The number of hydrogen-bond acceptors (Lipinski definition) is 4. The minimum atomic E-state index is -2.01. The zero-order chi connectivity index (χ0) is 18.2. The Labute approximate surface area is 143 Å². The fourth-order valence-corrected chi connectivity index (χ4v) is 3.34. The van der Waals surface area contributed by atoms with Gasteiger partial charge in [0, 0.05) is 12.2 Å². The van der Waals surface area contributed by atoms with Crippen molar-refractivity contribution < 1.29 is 29.0 Å². The lowest BCUT2D eigenvalue weighted by Crippen LogP contribution is -2.41. The van der Waals surface area contributed by atoms with Crippen LogP contribution in [0.3, 0.4) is 0 Å². The summed E-state index contributed by atoms with van der Waals surface area (Å²) in [5.74, 6) is -3.04. The summed E-state index contributed by atoms with van der Waals surface area (Å²) in [6.45, 7) is 2.23. The van der Waals surface area contributed by atoms with Gasteiger partial charge in [-0.2, -0.15) is 0 Å². The van der Waals surface area contributed by atoms with Gasteiger partial charge in [-0.05, 0) is 43.0 Å². The van der Waals surface area contributed by atoms with Crippen LogP contribution < -0.4 is 0 Å². The molecule has 3 heterocycles. The van der Waals surface area contributed by atoms with Gasteiger partial charge in [-0.1, -0.05) is 13.3 Å². The quantitative estimate of drug-likeness (QED) is 0.589. The van der Waals surface area contributed by atoms with Gasteiger partial charge in [-0.25, -0.2) is 0 Å². The lowest BCUT2D eigenvalue weighted by atomic mass is 9.84. The third kappa shape index (κ3) is 2.56. The van der Waals surface area contributed by atoms with Crippen LogP contribution >= 0.6 is 0 Å². The highest BCUT2D eigenvalue weighted by Crippen LogP contribution is 2.38. The van der Waals surface area contributed by atoms with Crippen LogP contribution in [0.2, 0.25) is 0 Å². The van der Waals surface area contributed by atoms with Crippen LogP contribution in [0.5, 0.6) is 0 Å². The number of furan rings is 1. The van der Waals surface area contributed by atoms with Gasteiger partial charge in [0.25, 0.3) is 0 Å². The molecule has 0 saturated heterocycles. The highest BCUT2D eigenvalue weighted by atomic mass is 16.4. The van der Waals surface area contributed by atoms with E-state index in [1.165, 1.54) is 16.7 Å². The minimum absolute atomic E-state index is 0.0893. The molecule has 0 bridgehead atoms. The van der Waals surface area contributed by atoms with Crippen molar-refractivity contribution in [2.24, 2.45) is 0 Å². The third-order valence-corrected chi connectivity index (χ3v) is 4.79. The fraction of sp³-hybridized carbons (Fsp3) is 0.389. The molecule has 0 unspecified atom stereocenters. The van der Waals surface area contributed by atoms with Crippen molar-refractivity contribution in [3.05, 3.63) is 47.2 Å². The number of rotatable bonds is 7. The number of nitrogens with zero attached hydrogens (tertiary/aromatic N) is 1. The topological polar surface area (TPSA) is 110 Å². The maximum atomic E-state index is 12.7. The highest BCUT2D eigenvalue weighted by Gasteiger charge is 2.54. The average molecular weight is 345 g/mol. The molecule has 7 heteroatoms. The Morgan fingerprint density at radius 3 is 2.60 bits per heavy atom. The summed E-state index contributed by atoms with van der Waals surface area (Å²) in [6.07, 6.45) is 4.31. The zero-order valence-electron chi connectivity index (χ0n) is 13.8. The summed E-state index contributed by atoms with van der Waals surface area (Å²) in [7, 11) is 0. The van der Waals surface area contributed by atoms with Gasteiger partial charge in [0.2, 0.25) is 11.2 Å². The van der Waals surface area contributed by atoms with Crippen molar-refractivity contribution in [2.45, 2.75) is 44.6 Å². The largest absolute Gasteiger partial charge is 0.480 e. The second kappa shape index (κ2) is 6.23. The van der Waals surface area contributed by atoms with Crippen molar-refractivity contribution in [1.82, 2.24) is 4.57 Å². The first-order chi connectivity index (χ1) is 11.9. The van der Waals surface area contributed by atoms with Crippen LogP contribution in [0, 0.1) is 0 Å². The molecule has 0 aliphatic carbocycles. The summed E-state index contributed by atoms with van der Waals surface area (Å²) < 4.78 is 6.83. The van der Waals surface area contributed by atoms with E-state index in [0.29, 0.717) is 0 Å². The number of ketones is 1. The molecule has 0 aromatic carbocycles. The van der Waals surface area contributed by atoms with E-state index in [4.69, 9.17) is 4.42 Å². The zero-order valence-corrected chi connectivity index (χ0v) is 13.8. The number of hydrogen-bond donors (Lipinski definition) is 2. The number of fused-ring (bicyclic) bond motifs is 1. The molecule has 0 atom stereocenters. The van der Waals surface area contributed by atoms with Crippen LogP contribution in [0.25, 0.3) is 0 Å². The first-order valence-corrected chi connectivity index (χ1v) is 8.20. The van der Waals surface area contributed by atoms with Crippen LogP contribution in [-0.4, -0.2) is 32.5 Å². The Balaban J connectivity index is 1.94. The molecule has 3 rings (SSSR count). The molecule has 25 heavy (non-hydrogen) atoms. The van der Waals surface area contributed by atoms with E-state index in [9.17, 15) is 24.6 Å². The molecule has 7 nitrogen and oxygen atoms in total. The SMILES string of the molecule is CCCCc1coc(C(=O)c2ccc3n2CCC3(C(=O)O)C(=O)O)c1. The molecular formula is C18H19NO6. The lowest BCUT2D eigenvalue weighted by molar-refractivity contribution is -0.157. The van der Waals surface area contributed by atoms with E-state index < -0.39 is 17.4 Å². The summed E-state index contributed by atoms with van der Waals surface area (Å²) in [6, 6.07) is 4.56. The monoisotopic (exact) mass is 345 g/mol. The molecule has 1 aliphatic heterocycles. The first-order valence-electron chi connectivity index (χ1n) is 8.20. The first kappa shape index (κ1) is 17.0. The summed E-state index contributed by atoms with van der Waals surface area (Å²) >= 11 is 0. The minimum Gasteiger partial charge on any atom is -0.480 e. The summed E-state index contributed by atoms with van der Waals surface area (Å²) in [5.41, 5.74) is -0.707. The number of carbonyl (C=O) groups is 3. The smallest absolute Gasteiger partial charge is 0.327 e. The van der Waals surface area contributed by atoms with E-state index >= 15 is 0 Å². The second-order valence-corrected chi connectivity index (χ2v) is 6.27. The molecule has 0 saturated carbocycles. The van der Waals surface area contributed by atoms with Gasteiger partial charge in [0.15, 0.2) is 5.76 Å². The molecule has 0 amide bonds. The van der Waals surface area contributed by atoms with Crippen molar-refractivity contribution in [3.63, 3.8) is 0 Å². The number of aliphatic carboxylic acids is 2. The Bertz CT molecular complexity index is 830. The van der Waals surface area contributed by atoms with E-state index in [1.54, 1.807) is 12.3 Å². The third-order valence-electron chi connectivity index (χ3n) is 4.79. The van der Waals surface area contributed by atoms with Crippen molar-refractivity contribution in [1.29, 1.82) is 0 Å². The van der Waals surface area contributed by atoms with E-state index in [0.717, 1.165) is 24.8 Å². The maximum Gasteiger partial charge on any atom is 0.327 e. The number of aryl methyl sites for hydroxylation is 1. The Morgan fingerprint density at radius 1 is 1.24 bits per heavy atom. The lowest BCUT2D eigenvalue weighted by Gasteiger charge is -2.17. The van der Waals surface area contributed by atoms with E-state index in [-0.39, 0.29) is 35.9 Å². The number of carbonyl (C=O) groups excluding carboxylic acids is 1. The summed E-state index contributed by atoms with van der Waals surface area (Å²) in [4.78, 5) is 35.9. The molecular weight excluding hydrogens is 326 g/mol. The Morgan fingerprint density at radius 2 is 1.96 bits per heavy atom. The van der Waals surface area contributed by atoms with Gasteiger partial charge in [0.1, 0.15) is 0 Å². The number of carboxylic acid groups (broad SMARTS) is 2. The Kier molecular flexibility index (Phi) is 4.24. The fourth-order valence-electron chi connectivity index (χ4n) is 3.34. The number of unbranched alkanes of at least 4 members (excludes halogenated alkanes) is 1. The van der Waals surface area contributed by atoms with Crippen molar-refractivity contribution >= 4 is 17.7 Å². The molecule has 132 valence electrons. The van der Waals surface area contributed by atoms with E-state index in [2.05, 4.69) is 6.92 Å². The molecule has 0 radical (unpaired) electrons. The normalized spacial score (nSPS) is 15.1. The molecule has 1 aliphatic rings. The predicted molar refractivity (Wildman–Crippen MR) is 86.8 cm³/mol. The second-order valence-electron chi connectivity index (χ2n) is 6.27. The number of carboxylic acids is 2. The summed E-state index contributed by atoms with van der Waals surface area (Å²) in [5, 5.41) is 18.9. The maximum absolute atomic E-state index is 12.7. The van der Waals surface area contributed by atoms with Crippen LogP contribution in [0.15, 0.2) is 28.9 Å². The average Bonchev–Trinajstić information content (AvgIpc) is 3.26. The Hall–Kier alpha value is -2.83. The van der Waals surface area contributed by atoms with Gasteiger partial charge in [-0.15, -0.1) is 0 Å². The van der Waals surface area contributed by atoms with E-state index in [1.807, 2.05) is 0 Å².